The molecular weight excluding hydrogens is 386 g/mol. The summed E-state index contributed by atoms with van der Waals surface area (Å²) in [6, 6.07) is 21.0. The molecule has 0 fully saturated rings. The Morgan fingerprint density at radius 1 is 1.00 bits per heavy atom. The molecule has 29 heavy (non-hydrogen) atoms. The Labute approximate surface area is 170 Å². The first-order chi connectivity index (χ1) is 13.9. The molecule has 3 aromatic rings. The zero-order chi connectivity index (χ0) is 20.9. The van der Waals surface area contributed by atoms with E-state index in [2.05, 4.69) is 4.72 Å². The van der Waals surface area contributed by atoms with Crippen LogP contribution in [-0.4, -0.2) is 20.9 Å². The van der Waals surface area contributed by atoms with E-state index in [-0.39, 0.29) is 10.7 Å². The summed E-state index contributed by atoms with van der Waals surface area (Å²) in [5, 5.41) is 7.42. The lowest BCUT2D eigenvalue weighted by Gasteiger charge is -2.14. The maximum absolute atomic E-state index is 12.6. The molecule has 6 nitrogen and oxygen atoms in total. The molecule has 0 aliphatic carbocycles. The van der Waals surface area contributed by atoms with Crippen molar-refractivity contribution >= 4 is 21.5 Å². The first-order valence-corrected chi connectivity index (χ1v) is 10.6. The van der Waals surface area contributed by atoms with E-state index in [1.54, 1.807) is 42.5 Å². The van der Waals surface area contributed by atoms with Crippen molar-refractivity contribution in [2.45, 2.75) is 18.2 Å². The second-order valence-corrected chi connectivity index (χ2v) is 8.24. The number of rotatable bonds is 8. The molecule has 0 aliphatic rings. The molecule has 7 heteroatoms. The topological polar surface area (TPSA) is 105 Å². The van der Waals surface area contributed by atoms with Crippen LogP contribution >= 0.6 is 0 Å². The number of benzene rings is 3. The minimum Gasteiger partial charge on any atom is -0.493 e. The van der Waals surface area contributed by atoms with E-state index < -0.39 is 10.0 Å². The number of sulfonamides is 1. The molecule has 0 spiro atoms. The van der Waals surface area contributed by atoms with Crippen molar-refractivity contribution in [3.8, 4) is 5.75 Å². The van der Waals surface area contributed by atoms with Gasteiger partial charge in [-0.3, -0.25) is 10.1 Å². The molecule has 0 aliphatic heterocycles. The largest absolute Gasteiger partial charge is 0.493 e. The molecule has 0 heterocycles. The Morgan fingerprint density at radius 3 is 2.34 bits per heavy atom. The number of ether oxygens (including phenoxy) is 1. The van der Waals surface area contributed by atoms with Gasteiger partial charge < -0.3 is 10.5 Å². The van der Waals surface area contributed by atoms with Gasteiger partial charge in [-0.25, -0.2) is 8.42 Å². The lowest BCUT2D eigenvalue weighted by molar-refractivity contribution is 0.320. The van der Waals surface area contributed by atoms with E-state index in [1.807, 2.05) is 37.3 Å². The van der Waals surface area contributed by atoms with E-state index in [4.69, 9.17) is 15.9 Å². The number of nitrogens with two attached hydrogens (primary N) is 1. The van der Waals surface area contributed by atoms with Gasteiger partial charge in [0.1, 0.15) is 11.6 Å². The predicted molar refractivity (Wildman–Crippen MR) is 115 cm³/mol. The Kier molecular flexibility index (Phi) is 6.19. The van der Waals surface area contributed by atoms with E-state index >= 15 is 0 Å². The van der Waals surface area contributed by atoms with E-state index in [0.717, 1.165) is 11.1 Å². The van der Waals surface area contributed by atoms with Crippen LogP contribution in [0.1, 0.15) is 16.7 Å². The standard InChI is InChI=1S/C22H23N3O3S/c1-16-20(25-29(26,27)19-6-3-2-4-7-19)8-5-9-21(16)28-15-14-17-10-12-18(13-11-17)22(23)24/h2-13,25H,14-15H2,1H3,(H3,23,24). The summed E-state index contributed by atoms with van der Waals surface area (Å²) >= 11 is 0. The van der Waals surface area contributed by atoms with Crippen LogP contribution in [0.2, 0.25) is 0 Å². The number of anilines is 1. The fraction of sp³-hybridized carbons (Fsp3) is 0.136. The van der Waals surface area contributed by atoms with Gasteiger partial charge in [0.2, 0.25) is 0 Å². The maximum Gasteiger partial charge on any atom is 0.261 e. The Bertz CT molecular complexity index is 1100. The third-order valence-electron chi connectivity index (χ3n) is 4.50. The fourth-order valence-corrected chi connectivity index (χ4v) is 3.96. The van der Waals surface area contributed by atoms with Gasteiger partial charge in [0.05, 0.1) is 17.2 Å². The minimum absolute atomic E-state index is 0.0400. The van der Waals surface area contributed by atoms with Gasteiger partial charge in [0, 0.05) is 17.5 Å². The quantitative estimate of drug-likeness (QED) is 0.390. The Morgan fingerprint density at radius 2 is 1.69 bits per heavy atom. The highest BCUT2D eigenvalue weighted by Gasteiger charge is 2.16. The SMILES string of the molecule is Cc1c(NS(=O)(=O)c2ccccc2)cccc1OCCc1ccc(C(=N)N)cc1. The third-order valence-corrected chi connectivity index (χ3v) is 5.88. The number of hydrogen-bond donors (Lipinski definition) is 3. The minimum atomic E-state index is -3.66. The van der Waals surface area contributed by atoms with Crippen LogP contribution < -0.4 is 15.2 Å². The summed E-state index contributed by atoms with van der Waals surface area (Å²) in [4.78, 5) is 0.208. The Balaban J connectivity index is 1.66. The van der Waals surface area contributed by atoms with Crippen LogP contribution in [0.15, 0.2) is 77.7 Å². The highest BCUT2D eigenvalue weighted by molar-refractivity contribution is 7.92. The van der Waals surface area contributed by atoms with Gasteiger partial charge in [-0.1, -0.05) is 48.5 Å². The molecule has 0 atom stereocenters. The number of hydrogen-bond acceptors (Lipinski definition) is 4. The van der Waals surface area contributed by atoms with Crippen LogP contribution in [0.3, 0.4) is 0 Å². The van der Waals surface area contributed by atoms with Crippen molar-refractivity contribution in [1.82, 2.24) is 0 Å². The second-order valence-electron chi connectivity index (χ2n) is 6.56. The van der Waals surface area contributed by atoms with Gasteiger partial charge >= 0.3 is 0 Å². The lowest BCUT2D eigenvalue weighted by atomic mass is 10.1. The molecule has 0 radical (unpaired) electrons. The van der Waals surface area contributed by atoms with Crippen molar-refractivity contribution in [2.24, 2.45) is 5.73 Å². The van der Waals surface area contributed by atoms with Crippen LogP contribution in [0.4, 0.5) is 5.69 Å². The zero-order valence-electron chi connectivity index (χ0n) is 16.1. The zero-order valence-corrected chi connectivity index (χ0v) is 16.9. The van der Waals surface area contributed by atoms with Gasteiger partial charge in [0.25, 0.3) is 10.0 Å². The molecule has 0 amide bonds. The van der Waals surface area contributed by atoms with Crippen molar-refractivity contribution < 1.29 is 13.2 Å². The van der Waals surface area contributed by atoms with Crippen LogP contribution in [-0.2, 0) is 16.4 Å². The van der Waals surface area contributed by atoms with Gasteiger partial charge in [-0.2, -0.15) is 0 Å². The molecule has 0 bridgehead atoms. The van der Waals surface area contributed by atoms with E-state index in [1.165, 1.54) is 0 Å². The third kappa shape index (κ3) is 5.14. The van der Waals surface area contributed by atoms with Gasteiger partial charge in [-0.15, -0.1) is 0 Å². The normalized spacial score (nSPS) is 11.1. The van der Waals surface area contributed by atoms with Crippen LogP contribution in [0.5, 0.6) is 5.75 Å². The molecule has 0 saturated carbocycles. The van der Waals surface area contributed by atoms with Crippen molar-refractivity contribution in [3.05, 3.63) is 89.5 Å². The van der Waals surface area contributed by atoms with Crippen molar-refractivity contribution in [2.75, 3.05) is 11.3 Å². The molecular formula is C22H23N3O3S. The van der Waals surface area contributed by atoms with Gasteiger partial charge in [-0.05, 0) is 36.8 Å². The summed E-state index contributed by atoms with van der Waals surface area (Å²) in [7, 11) is -3.66. The molecule has 150 valence electrons. The van der Waals surface area contributed by atoms with Crippen molar-refractivity contribution in [3.63, 3.8) is 0 Å². The Hall–Kier alpha value is -3.32. The molecule has 4 N–H and O–H groups in total. The highest BCUT2D eigenvalue weighted by atomic mass is 32.2. The average molecular weight is 410 g/mol. The summed E-state index contributed by atoms with van der Waals surface area (Å²) in [6.45, 7) is 2.26. The molecule has 0 unspecified atom stereocenters. The molecule has 0 saturated heterocycles. The average Bonchev–Trinajstić information content (AvgIpc) is 2.71. The summed E-state index contributed by atoms with van der Waals surface area (Å²) in [6.07, 6.45) is 0.678. The van der Waals surface area contributed by atoms with Crippen molar-refractivity contribution in [1.29, 1.82) is 5.41 Å². The summed E-state index contributed by atoms with van der Waals surface area (Å²) in [5.74, 6) is 0.664. The monoisotopic (exact) mass is 409 g/mol. The number of nitrogens with one attached hydrogen (secondary N) is 2. The first kappa shape index (κ1) is 20.4. The van der Waals surface area contributed by atoms with Gasteiger partial charge in [0.15, 0.2) is 0 Å². The highest BCUT2D eigenvalue weighted by Crippen LogP contribution is 2.27. The summed E-state index contributed by atoms with van der Waals surface area (Å²) in [5.41, 5.74) is 8.41. The second kappa shape index (κ2) is 8.79. The maximum atomic E-state index is 12.6. The van der Waals surface area contributed by atoms with E-state index in [0.29, 0.717) is 30.0 Å². The van der Waals surface area contributed by atoms with E-state index in [9.17, 15) is 8.42 Å². The molecule has 3 rings (SSSR count). The predicted octanol–water partition coefficient (Wildman–Crippen LogP) is 3.70. The lowest BCUT2D eigenvalue weighted by Crippen LogP contribution is -2.14. The molecule has 0 aromatic heterocycles. The number of nitrogen functional groups attached to an aromatic ring is 1. The first-order valence-electron chi connectivity index (χ1n) is 9.10. The summed E-state index contributed by atoms with van der Waals surface area (Å²) < 4.78 is 33.6. The van der Waals surface area contributed by atoms with Crippen LogP contribution in [0, 0.1) is 12.3 Å². The fourth-order valence-electron chi connectivity index (χ4n) is 2.81. The number of amidine groups is 1. The van der Waals surface area contributed by atoms with Crippen LogP contribution in [0.25, 0.3) is 0 Å². The molecule has 3 aromatic carbocycles. The smallest absolute Gasteiger partial charge is 0.261 e.